The molecule has 0 saturated carbocycles. The standard InChI is InChI=1S/C13H17N3O3S/c1-20(17,18)10-4-2-3-9-11(10)16-12(15-9)13(14)5-7-19-8-6-13/h2-4H,5-8,14H2,1H3,(H,15,16). The molecule has 0 atom stereocenters. The van der Waals surface area contributed by atoms with Crippen molar-refractivity contribution in [1.82, 2.24) is 9.97 Å². The van der Waals surface area contributed by atoms with Crippen LogP contribution in [0.5, 0.6) is 0 Å². The van der Waals surface area contributed by atoms with Crippen LogP contribution >= 0.6 is 0 Å². The molecule has 2 heterocycles. The number of hydrogen-bond acceptors (Lipinski definition) is 5. The van der Waals surface area contributed by atoms with Crippen LogP contribution in [0.25, 0.3) is 11.0 Å². The fraction of sp³-hybridized carbons (Fsp3) is 0.462. The molecule has 0 radical (unpaired) electrons. The molecule has 1 aromatic carbocycles. The Morgan fingerprint density at radius 1 is 1.35 bits per heavy atom. The van der Waals surface area contributed by atoms with Gasteiger partial charge >= 0.3 is 0 Å². The molecule has 0 amide bonds. The predicted molar refractivity (Wildman–Crippen MR) is 75.1 cm³/mol. The first kappa shape index (κ1) is 13.5. The lowest BCUT2D eigenvalue weighted by atomic mass is 9.91. The zero-order valence-corrected chi connectivity index (χ0v) is 12.0. The number of para-hydroxylation sites is 1. The Morgan fingerprint density at radius 3 is 2.70 bits per heavy atom. The third-order valence-electron chi connectivity index (χ3n) is 3.73. The summed E-state index contributed by atoms with van der Waals surface area (Å²) in [6.45, 7) is 1.18. The monoisotopic (exact) mass is 295 g/mol. The Balaban J connectivity index is 2.16. The average molecular weight is 295 g/mol. The van der Waals surface area contributed by atoms with Crippen molar-refractivity contribution < 1.29 is 13.2 Å². The lowest BCUT2D eigenvalue weighted by Gasteiger charge is -2.31. The van der Waals surface area contributed by atoms with E-state index < -0.39 is 15.4 Å². The van der Waals surface area contributed by atoms with Gasteiger partial charge in [0, 0.05) is 19.5 Å². The van der Waals surface area contributed by atoms with Gasteiger partial charge < -0.3 is 15.5 Å². The van der Waals surface area contributed by atoms with Crippen LogP contribution in [0.15, 0.2) is 23.1 Å². The molecule has 0 unspecified atom stereocenters. The summed E-state index contributed by atoms with van der Waals surface area (Å²) in [7, 11) is -3.31. The number of hydrogen-bond donors (Lipinski definition) is 2. The van der Waals surface area contributed by atoms with E-state index in [2.05, 4.69) is 9.97 Å². The highest BCUT2D eigenvalue weighted by Crippen LogP contribution is 2.30. The molecule has 3 rings (SSSR count). The number of ether oxygens (including phenoxy) is 1. The Kier molecular flexibility index (Phi) is 3.07. The minimum Gasteiger partial charge on any atom is -0.381 e. The van der Waals surface area contributed by atoms with Crippen LogP contribution < -0.4 is 5.73 Å². The van der Waals surface area contributed by atoms with Gasteiger partial charge in [0.2, 0.25) is 0 Å². The lowest BCUT2D eigenvalue weighted by molar-refractivity contribution is 0.0496. The minimum atomic E-state index is -3.31. The highest BCUT2D eigenvalue weighted by Gasteiger charge is 2.33. The summed E-state index contributed by atoms with van der Waals surface area (Å²) in [6, 6.07) is 5.08. The average Bonchev–Trinajstić information content (AvgIpc) is 2.82. The molecule has 6 nitrogen and oxygen atoms in total. The number of nitrogens with two attached hydrogens (primary N) is 1. The number of aromatic amines is 1. The SMILES string of the molecule is CS(=O)(=O)c1cccc2[nH]c(C3(N)CCOCC3)nc12. The predicted octanol–water partition coefficient (Wildman–Crippen LogP) is 0.931. The van der Waals surface area contributed by atoms with Crippen molar-refractivity contribution in [1.29, 1.82) is 0 Å². The van der Waals surface area contributed by atoms with Crippen LogP contribution in [-0.2, 0) is 20.1 Å². The fourth-order valence-corrected chi connectivity index (χ4v) is 3.35. The second kappa shape index (κ2) is 4.54. The molecule has 0 spiro atoms. The van der Waals surface area contributed by atoms with E-state index in [1.807, 2.05) is 6.07 Å². The zero-order chi connectivity index (χ0) is 14.4. The summed E-state index contributed by atoms with van der Waals surface area (Å²) in [4.78, 5) is 7.85. The molecular formula is C13H17N3O3S. The number of fused-ring (bicyclic) bond motifs is 1. The maximum atomic E-state index is 11.8. The summed E-state index contributed by atoms with van der Waals surface area (Å²) in [5.74, 6) is 0.631. The van der Waals surface area contributed by atoms with E-state index >= 15 is 0 Å². The van der Waals surface area contributed by atoms with Gasteiger partial charge in [-0.1, -0.05) is 6.07 Å². The first-order valence-electron chi connectivity index (χ1n) is 6.46. The second-order valence-corrected chi connectivity index (χ2v) is 7.26. The summed E-state index contributed by atoms with van der Waals surface area (Å²) >= 11 is 0. The molecule has 1 fully saturated rings. The highest BCUT2D eigenvalue weighted by atomic mass is 32.2. The molecule has 1 aliphatic heterocycles. The summed E-state index contributed by atoms with van der Waals surface area (Å²) in [5.41, 5.74) is 6.96. The van der Waals surface area contributed by atoms with Gasteiger partial charge in [-0.05, 0) is 25.0 Å². The third kappa shape index (κ3) is 2.21. The molecule has 3 N–H and O–H groups in total. The second-order valence-electron chi connectivity index (χ2n) is 5.28. The van der Waals surface area contributed by atoms with Crippen molar-refractivity contribution in [3.05, 3.63) is 24.0 Å². The van der Waals surface area contributed by atoms with E-state index in [4.69, 9.17) is 10.5 Å². The number of H-pyrrole nitrogens is 1. The van der Waals surface area contributed by atoms with E-state index in [0.717, 1.165) is 0 Å². The topological polar surface area (TPSA) is 98.1 Å². The number of rotatable bonds is 2. The summed E-state index contributed by atoms with van der Waals surface area (Å²) in [5, 5.41) is 0. The van der Waals surface area contributed by atoms with Gasteiger partial charge in [0.15, 0.2) is 9.84 Å². The van der Waals surface area contributed by atoms with Crippen LogP contribution in [0.2, 0.25) is 0 Å². The number of nitrogens with zero attached hydrogens (tertiary/aromatic N) is 1. The number of aromatic nitrogens is 2. The van der Waals surface area contributed by atoms with Crippen molar-refractivity contribution in [2.24, 2.45) is 5.73 Å². The van der Waals surface area contributed by atoms with Gasteiger partial charge in [-0.3, -0.25) is 0 Å². The van der Waals surface area contributed by atoms with Crippen molar-refractivity contribution >= 4 is 20.9 Å². The smallest absolute Gasteiger partial charge is 0.177 e. The maximum Gasteiger partial charge on any atom is 0.177 e. The van der Waals surface area contributed by atoms with E-state index in [1.54, 1.807) is 12.1 Å². The van der Waals surface area contributed by atoms with Gasteiger partial charge in [-0.25, -0.2) is 13.4 Å². The first-order valence-corrected chi connectivity index (χ1v) is 8.35. The van der Waals surface area contributed by atoms with E-state index in [9.17, 15) is 8.42 Å². The van der Waals surface area contributed by atoms with Crippen molar-refractivity contribution in [2.75, 3.05) is 19.5 Å². The van der Waals surface area contributed by atoms with Crippen LogP contribution in [0, 0.1) is 0 Å². The molecule has 2 aromatic rings. The zero-order valence-electron chi connectivity index (χ0n) is 11.2. The Morgan fingerprint density at radius 2 is 2.05 bits per heavy atom. The van der Waals surface area contributed by atoms with Gasteiger partial charge in [-0.15, -0.1) is 0 Å². The van der Waals surface area contributed by atoms with Crippen molar-refractivity contribution in [2.45, 2.75) is 23.3 Å². The number of benzene rings is 1. The minimum absolute atomic E-state index is 0.230. The van der Waals surface area contributed by atoms with Crippen molar-refractivity contribution in [3.8, 4) is 0 Å². The van der Waals surface area contributed by atoms with Crippen molar-refractivity contribution in [3.63, 3.8) is 0 Å². The van der Waals surface area contributed by atoms with Gasteiger partial charge in [0.25, 0.3) is 0 Å². The Bertz CT molecular complexity index is 745. The fourth-order valence-electron chi connectivity index (χ4n) is 2.51. The van der Waals surface area contributed by atoms with Crippen LogP contribution in [0.4, 0.5) is 0 Å². The maximum absolute atomic E-state index is 11.8. The highest BCUT2D eigenvalue weighted by molar-refractivity contribution is 7.91. The summed E-state index contributed by atoms with van der Waals surface area (Å²) < 4.78 is 28.9. The van der Waals surface area contributed by atoms with Crippen LogP contribution in [0.1, 0.15) is 18.7 Å². The first-order chi connectivity index (χ1) is 9.40. The molecular weight excluding hydrogens is 278 g/mol. The largest absolute Gasteiger partial charge is 0.381 e. The normalized spacial score (nSPS) is 19.3. The van der Waals surface area contributed by atoms with E-state index in [1.165, 1.54) is 6.26 Å². The summed E-state index contributed by atoms with van der Waals surface area (Å²) in [6.07, 6.45) is 2.52. The quantitative estimate of drug-likeness (QED) is 0.859. The van der Waals surface area contributed by atoms with E-state index in [-0.39, 0.29) is 4.90 Å². The van der Waals surface area contributed by atoms with Crippen LogP contribution in [-0.4, -0.2) is 37.9 Å². The molecule has 7 heteroatoms. The number of nitrogens with one attached hydrogen (secondary N) is 1. The number of sulfone groups is 1. The molecule has 108 valence electrons. The van der Waals surface area contributed by atoms with Crippen LogP contribution in [0.3, 0.4) is 0 Å². The Hall–Kier alpha value is -1.44. The molecule has 20 heavy (non-hydrogen) atoms. The Labute approximate surface area is 117 Å². The third-order valence-corrected chi connectivity index (χ3v) is 4.86. The van der Waals surface area contributed by atoms with Gasteiger partial charge in [0.05, 0.1) is 16.0 Å². The number of imidazole rings is 1. The molecule has 1 saturated heterocycles. The van der Waals surface area contributed by atoms with E-state index in [0.29, 0.717) is 42.9 Å². The molecule has 0 bridgehead atoms. The molecule has 1 aromatic heterocycles. The van der Waals surface area contributed by atoms with Gasteiger partial charge in [-0.2, -0.15) is 0 Å². The molecule has 1 aliphatic rings. The molecule has 0 aliphatic carbocycles. The lowest BCUT2D eigenvalue weighted by Crippen LogP contribution is -2.43. The van der Waals surface area contributed by atoms with Gasteiger partial charge in [0.1, 0.15) is 11.3 Å².